The molecule has 1 aromatic heterocycles. The molecular weight excluding hydrogens is 428 g/mol. The fraction of sp³-hybridized carbons (Fsp3) is 0.577. The first-order valence-electron chi connectivity index (χ1n) is 12.7. The highest BCUT2D eigenvalue weighted by atomic mass is 16.3. The van der Waals surface area contributed by atoms with Crippen LogP contribution in [0.5, 0.6) is 0 Å². The van der Waals surface area contributed by atoms with E-state index in [-0.39, 0.29) is 11.8 Å². The van der Waals surface area contributed by atoms with Gasteiger partial charge in [0.2, 0.25) is 11.9 Å². The van der Waals surface area contributed by atoms with E-state index < -0.39 is 5.60 Å². The molecule has 5 fully saturated rings. The number of piperidine rings is 1. The summed E-state index contributed by atoms with van der Waals surface area (Å²) in [5, 5.41) is 17.9. The van der Waals surface area contributed by atoms with Crippen LogP contribution in [0, 0.1) is 23.7 Å². The molecule has 2 atom stereocenters. The molecule has 2 aromatic rings. The molecule has 4 bridgehead atoms. The Hall–Kier alpha value is -2.87. The molecule has 7 rings (SSSR count). The molecule has 4 aliphatic carbocycles. The first kappa shape index (κ1) is 21.6. The molecule has 34 heavy (non-hydrogen) atoms. The zero-order valence-electron chi connectivity index (χ0n) is 19.5. The fourth-order valence-corrected chi connectivity index (χ4v) is 7.19. The van der Waals surface area contributed by atoms with Gasteiger partial charge in [-0.25, -0.2) is 4.98 Å². The first-order valence-corrected chi connectivity index (χ1v) is 12.7. The molecule has 2 heterocycles. The van der Waals surface area contributed by atoms with Crippen LogP contribution < -0.4 is 21.3 Å². The second-order valence-corrected chi connectivity index (χ2v) is 11.0. The van der Waals surface area contributed by atoms with Gasteiger partial charge in [0.05, 0.1) is 5.60 Å². The summed E-state index contributed by atoms with van der Waals surface area (Å²) in [6, 6.07) is 10.6. The van der Waals surface area contributed by atoms with E-state index in [2.05, 4.69) is 32.7 Å². The number of hydrogen-bond donors (Lipinski definition) is 4. The van der Waals surface area contributed by atoms with Gasteiger partial charge in [-0.3, -0.25) is 4.79 Å². The monoisotopic (exact) mass is 462 g/mol. The molecule has 1 amide bonds. The van der Waals surface area contributed by atoms with Crippen LogP contribution in [0.15, 0.2) is 36.5 Å². The van der Waals surface area contributed by atoms with E-state index in [1.165, 1.54) is 12.8 Å². The minimum absolute atomic E-state index is 0.00106. The average Bonchev–Trinajstić information content (AvgIpc) is 2.81. The smallest absolute Gasteiger partial charge is 0.229 e. The van der Waals surface area contributed by atoms with E-state index >= 15 is 0 Å². The van der Waals surface area contributed by atoms with Crippen LogP contribution in [0.4, 0.5) is 23.1 Å². The Labute approximate surface area is 200 Å². The number of aliphatic hydroxyl groups is 1. The Morgan fingerprint density at radius 3 is 2.41 bits per heavy atom. The summed E-state index contributed by atoms with van der Waals surface area (Å²) in [4.78, 5) is 22.8. The van der Waals surface area contributed by atoms with Gasteiger partial charge >= 0.3 is 0 Å². The minimum atomic E-state index is -0.420. The number of amides is 1. The predicted octanol–water partition coefficient (Wildman–Crippen LogP) is 3.27. The van der Waals surface area contributed by atoms with E-state index in [1.807, 2.05) is 18.2 Å². The van der Waals surface area contributed by atoms with Gasteiger partial charge in [-0.15, -0.1) is 0 Å². The van der Waals surface area contributed by atoms with Crippen molar-refractivity contribution in [3.8, 4) is 0 Å². The summed E-state index contributed by atoms with van der Waals surface area (Å²) >= 11 is 0. The second-order valence-electron chi connectivity index (χ2n) is 11.0. The predicted molar refractivity (Wildman–Crippen MR) is 132 cm³/mol. The average molecular weight is 463 g/mol. The van der Waals surface area contributed by atoms with Crippen LogP contribution in [-0.4, -0.2) is 45.7 Å². The highest BCUT2D eigenvalue weighted by molar-refractivity contribution is 5.77. The molecule has 1 saturated heterocycles. The van der Waals surface area contributed by atoms with E-state index in [9.17, 15) is 9.90 Å². The Bertz CT molecular complexity index is 1040. The van der Waals surface area contributed by atoms with Crippen LogP contribution in [0.3, 0.4) is 0 Å². The van der Waals surface area contributed by atoms with E-state index in [0.29, 0.717) is 29.7 Å². The lowest BCUT2D eigenvalue weighted by molar-refractivity contribution is -0.129. The Morgan fingerprint density at radius 1 is 1.06 bits per heavy atom. The van der Waals surface area contributed by atoms with Gasteiger partial charge in [-0.1, -0.05) is 0 Å². The van der Waals surface area contributed by atoms with Gasteiger partial charge < -0.3 is 26.4 Å². The summed E-state index contributed by atoms with van der Waals surface area (Å²) < 4.78 is 0. The van der Waals surface area contributed by atoms with Gasteiger partial charge in [-0.05, 0) is 93.0 Å². The van der Waals surface area contributed by atoms with Gasteiger partial charge in [0.25, 0.3) is 0 Å². The number of hydrogen-bond acceptors (Lipinski definition) is 7. The Kier molecular flexibility index (Phi) is 5.36. The van der Waals surface area contributed by atoms with E-state index in [1.54, 1.807) is 6.20 Å². The lowest BCUT2D eigenvalue weighted by Crippen LogP contribution is -2.59. The van der Waals surface area contributed by atoms with Crippen LogP contribution in [0.1, 0.15) is 44.9 Å². The van der Waals surface area contributed by atoms with Crippen molar-refractivity contribution in [3.63, 3.8) is 0 Å². The van der Waals surface area contributed by atoms with Crippen LogP contribution >= 0.6 is 0 Å². The van der Waals surface area contributed by atoms with Crippen molar-refractivity contribution in [3.05, 3.63) is 36.5 Å². The van der Waals surface area contributed by atoms with Crippen molar-refractivity contribution >= 4 is 29.0 Å². The van der Waals surface area contributed by atoms with Crippen LogP contribution in [-0.2, 0) is 4.79 Å². The Balaban J connectivity index is 1.08. The number of nitrogens with one attached hydrogen (secondary N) is 2. The van der Waals surface area contributed by atoms with Crippen molar-refractivity contribution < 1.29 is 9.90 Å². The summed E-state index contributed by atoms with van der Waals surface area (Å²) in [7, 11) is 0. The maximum atomic E-state index is 11.4. The van der Waals surface area contributed by atoms with E-state index in [4.69, 9.17) is 10.7 Å². The zero-order chi connectivity index (χ0) is 23.3. The number of primary amides is 1. The van der Waals surface area contributed by atoms with Gasteiger partial charge in [-0.2, -0.15) is 4.98 Å². The quantitative estimate of drug-likeness (QED) is 0.521. The van der Waals surface area contributed by atoms with Gasteiger partial charge in [0.15, 0.2) is 0 Å². The number of nitrogens with two attached hydrogens (primary N) is 1. The minimum Gasteiger partial charge on any atom is -0.390 e. The van der Waals surface area contributed by atoms with Crippen molar-refractivity contribution in [2.75, 3.05) is 28.6 Å². The summed E-state index contributed by atoms with van der Waals surface area (Å²) in [5.74, 6) is 2.99. The number of carbonyl (C=O) groups excluding carboxylic acids is 1. The Morgan fingerprint density at radius 2 is 1.76 bits per heavy atom. The molecule has 4 saturated carbocycles. The highest BCUT2D eigenvalue weighted by Crippen LogP contribution is 2.56. The number of nitrogens with zero attached hydrogens (tertiary/aromatic N) is 3. The molecular formula is C26H34N6O2. The number of anilines is 4. The van der Waals surface area contributed by atoms with Gasteiger partial charge in [0.1, 0.15) is 5.82 Å². The molecule has 1 aromatic carbocycles. The van der Waals surface area contributed by atoms with Crippen molar-refractivity contribution in [2.45, 2.75) is 56.6 Å². The first-order chi connectivity index (χ1) is 16.4. The van der Waals surface area contributed by atoms with Crippen molar-refractivity contribution in [1.82, 2.24) is 9.97 Å². The fourth-order valence-electron chi connectivity index (χ4n) is 7.19. The SMILES string of the molecule is NC(=O)C1CCN(c2ccc(Nc3nccc(NC4C5CC6CC4CC(O)(C6)C5)n3)cc2)CC1. The maximum Gasteiger partial charge on any atom is 0.229 e. The standard InChI is InChI=1S/C26H34N6O2/c27-24(33)17-6-9-32(10-7-17)21-3-1-20(2-4-21)29-25-28-8-5-22(31-25)30-23-18-11-16-12-19(23)15-26(34,13-16)14-18/h1-5,8,16-19,23,34H,6-7,9-15H2,(H2,27,33)(H2,28,29,30,31). The topological polar surface area (TPSA) is 116 Å². The molecule has 5 aliphatic rings. The van der Waals surface area contributed by atoms with Gasteiger partial charge in [0, 0.05) is 42.6 Å². The number of rotatable bonds is 6. The number of benzene rings is 1. The summed E-state index contributed by atoms with van der Waals surface area (Å²) in [6.07, 6.45) is 8.69. The number of aromatic nitrogens is 2. The third-order valence-electron chi connectivity index (χ3n) is 8.60. The van der Waals surface area contributed by atoms with E-state index in [0.717, 1.165) is 62.4 Å². The molecule has 180 valence electrons. The number of carbonyl (C=O) groups is 1. The lowest BCUT2D eigenvalue weighted by atomic mass is 9.52. The van der Waals surface area contributed by atoms with Crippen LogP contribution in [0.25, 0.3) is 0 Å². The molecule has 2 unspecified atom stereocenters. The van der Waals surface area contributed by atoms with Crippen LogP contribution in [0.2, 0.25) is 0 Å². The molecule has 1 aliphatic heterocycles. The summed E-state index contributed by atoms with van der Waals surface area (Å²) in [6.45, 7) is 1.69. The van der Waals surface area contributed by atoms with Crippen molar-refractivity contribution in [2.24, 2.45) is 29.4 Å². The van der Waals surface area contributed by atoms with Crippen molar-refractivity contribution in [1.29, 1.82) is 0 Å². The third kappa shape index (κ3) is 4.19. The largest absolute Gasteiger partial charge is 0.390 e. The molecule has 5 N–H and O–H groups in total. The molecule has 0 radical (unpaired) electrons. The molecule has 0 spiro atoms. The zero-order valence-corrected chi connectivity index (χ0v) is 19.5. The molecule has 8 nitrogen and oxygen atoms in total. The highest BCUT2D eigenvalue weighted by Gasteiger charge is 2.54. The third-order valence-corrected chi connectivity index (χ3v) is 8.60. The lowest BCUT2D eigenvalue weighted by Gasteiger charge is -2.58. The second kappa shape index (κ2) is 8.41. The maximum absolute atomic E-state index is 11.4. The normalized spacial score (nSPS) is 32.6. The molecule has 8 heteroatoms. The summed E-state index contributed by atoms with van der Waals surface area (Å²) in [5.41, 5.74) is 7.11.